The molecule has 0 saturated carbocycles. The summed E-state index contributed by atoms with van der Waals surface area (Å²) in [4.78, 5) is 0. The molecule has 1 N–H and O–H groups in total. The van der Waals surface area contributed by atoms with Crippen molar-refractivity contribution in [1.82, 2.24) is 0 Å². The second kappa shape index (κ2) is 5.51. The minimum atomic E-state index is -0.248. The lowest BCUT2D eigenvalue weighted by molar-refractivity contribution is 0.613. The van der Waals surface area contributed by atoms with Crippen molar-refractivity contribution in [2.45, 2.75) is 6.54 Å². The summed E-state index contributed by atoms with van der Waals surface area (Å²) in [5, 5.41) is 6.11. The van der Waals surface area contributed by atoms with Crippen molar-refractivity contribution in [2.75, 3.05) is 5.32 Å². The van der Waals surface area contributed by atoms with Crippen molar-refractivity contribution in [2.24, 2.45) is 0 Å². The van der Waals surface area contributed by atoms with E-state index in [9.17, 15) is 4.39 Å². The molecule has 0 aliphatic carbocycles. The number of halogens is 2. The highest BCUT2D eigenvalue weighted by Gasteiger charge is 2.03. The molecule has 0 aliphatic rings. The van der Waals surface area contributed by atoms with Gasteiger partial charge in [-0.2, -0.15) is 0 Å². The fourth-order valence-electron chi connectivity index (χ4n) is 2.18. The summed E-state index contributed by atoms with van der Waals surface area (Å²) >= 11 is 5.88. The van der Waals surface area contributed by atoms with Crippen LogP contribution in [0.3, 0.4) is 0 Å². The molecule has 0 aliphatic heterocycles. The summed E-state index contributed by atoms with van der Waals surface area (Å²) in [5.74, 6) is -0.248. The number of hydrogen-bond donors (Lipinski definition) is 1. The van der Waals surface area contributed by atoms with Crippen LogP contribution in [0.1, 0.15) is 5.56 Å². The second-order valence-corrected chi connectivity index (χ2v) is 5.09. The number of anilines is 1. The Bertz CT molecular complexity index is 755. The Morgan fingerprint density at radius 2 is 1.70 bits per heavy atom. The topological polar surface area (TPSA) is 12.0 Å². The lowest BCUT2D eigenvalue weighted by Gasteiger charge is -2.09. The van der Waals surface area contributed by atoms with E-state index >= 15 is 0 Å². The summed E-state index contributed by atoms with van der Waals surface area (Å²) in [6.45, 7) is 0.407. The van der Waals surface area contributed by atoms with E-state index in [1.54, 1.807) is 12.1 Å². The summed E-state index contributed by atoms with van der Waals surface area (Å²) in [7, 11) is 0. The van der Waals surface area contributed by atoms with Gasteiger partial charge in [-0.1, -0.05) is 41.9 Å². The maximum atomic E-state index is 13.6. The van der Waals surface area contributed by atoms with E-state index in [1.807, 2.05) is 24.3 Å². The molecule has 0 saturated heterocycles. The first-order valence-electron chi connectivity index (χ1n) is 6.39. The Balaban J connectivity index is 1.81. The molecule has 3 rings (SSSR count). The standard InChI is InChI=1S/C17H13ClFN/c18-15-6-8-17(19)14(9-15)11-20-16-7-5-12-3-1-2-4-13(12)10-16/h1-10,20H,11H2. The van der Waals surface area contributed by atoms with Crippen molar-refractivity contribution in [3.63, 3.8) is 0 Å². The number of benzene rings is 3. The average molecular weight is 286 g/mol. The quantitative estimate of drug-likeness (QED) is 0.693. The van der Waals surface area contributed by atoms with Gasteiger partial charge in [-0.25, -0.2) is 4.39 Å². The van der Waals surface area contributed by atoms with Crippen LogP contribution in [-0.2, 0) is 6.54 Å². The van der Waals surface area contributed by atoms with Crippen molar-refractivity contribution in [1.29, 1.82) is 0 Å². The fraction of sp³-hybridized carbons (Fsp3) is 0.0588. The lowest BCUT2D eigenvalue weighted by atomic mass is 10.1. The zero-order valence-corrected chi connectivity index (χ0v) is 11.5. The van der Waals surface area contributed by atoms with Crippen molar-refractivity contribution in [3.8, 4) is 0 Å². The number of nitrogens with one attached hydrogen (secondary N) is 1. The van der Waals surface area contributed by atoms with Gasteiger partial charge in [0.15, 0.2) is 0 Å². The van der Waals surface area contributed by atoms with Crippen LogP contribution in [-0.4, -0.2) is 0 Å². The Labute approximate surface area is 122 Å². The molecule has 0 atom stereocenters. The first kappa shape index (κ1) is 12.9. The highest BCUT2D eigenvalue weighted by Crippen LogP contribution is 2.20. The Morgan fingerprint density at radius 1 is 0.900 bits per heavy atom. The van der Waals surface area contributed by atoms with Gasteiger partial charge in [0.05, 0.1) is 0 Å². The van der Waals surface area contributed by atoms with Crippen LogP contribution >= 0.6 is 11.6 Å². The number of rotatable bonds is 3. The monoisotopic (exact) mass is 285 g/mol. The normalized spacial score (nSPS) is 10.7. The molecule has 3 aromatic rings. The minimum absolute atomic E-state index is 0.248. The van der Waals surface area contributed by atoms with Crippen LogP contribution in [0, 0.1) is 5.82 Å². The van der Waals surface area contributed by atoms with Gasteiger partial charge >= 0.3 is 0 Å². The van der Waals surface area contributed by atoms with Crippen molar-refractivity contribution in [3.05, 3.63) is 77.1 Å². The van der Waals surface area contributed by atoms with Crippen LogP contribution in [0.5, 0.6) is 0 Å². The Morgan fingerprint density at radius 3 is 2.55 bits per heavy atom. The lowest BCUT2D eigenvalue weighted by Crippen LogP contribution is -2.01. The van der Waals surface area contributed by atoms with Gasteiger partial charge in [-0.05, 0) is 41.1 Å². The molecule has 1 nitrogen and oxygen atoms in total. The maximum Gasteiger partial charge on any atom is 0.128 e. The van der Waals surface area contributed by atoms with Gasteiger partial charge in [-0.15, -0.1) is 0 Å². The molecule has 0 amide bonds. The molecule has 0 aromatic heterocycles. The van der Waals surface area contributed by atoms with Gasteiger partial charge in [0.2, 0.25) is 0 Å². The zero-order valence-electron chi connectivity index (χ0n) is 10.7. The second-order valence-electron chi connectivity index (χ2n) is 4.65. The molecule has 0 spiro atoms. The molecule has 0 bridgehead atoms. The smallest absolute Gasteiger partial charge is 0.128 e. The van der Waals surface area contributed by atoms with Gasteiger partial charge in [0, 0.05) is 22.8 Å². The molecule has 20 heavy (non-hydrogen) atoms. The Hall–Kier alpha value is -2.06. The molecule has 0 fully saturated rings. The maximum absolute atomic E-state index is 13.6. The van der Waals surface area contributed by atoms with Gasteiger partial charge in [-0.3, -0.25) is 0 Å². The fourth-order valence-corrected chi connectivity index (χ4v) is 2.37. The molecule has 0 radical (unpaired) electrons. The van der Waals surface area contributed by atoms with Crippen LogP contribution in [0.15, 0.2) is 60.7 Å². The minimum Gasteiger partial charge on any atom is -0.381 e. The van der Waals surface area contributed by atoms with Gasteiger partial charge in [0.1, 0.15) is 5.82 Å². The molecular formula is C17H13ClFN. The van der Waals surface area contributed by atoms with Crippen LogP contribution in [0.4, 0.5) is 10.1 Å². The Kier molecular flexibility index (Phi) is 3.57. The average Bonchev–Trinajstić information content (AvgIpc) is 2.48. The molecule has 0 unspecified atom stereocenters. The summed E-state index contributed by atoms with van der Waals surface area (Å²) in [6, 6.07) is 18.8. The molecule has 3 heteroatoms. The van der Waals surface area contributed by atoms with Gasteiger partial charge in [0.25, 0.3) is 0 Å². The van der Waals surface area contributed by atoms with E-state index in [0.717, 1.165) is 11.1 Å². The zero-order chi connectivity index (χ0) is 13.9. The van der Waals surface area contributed by atoms with E-state index in [0.29, 0.717) is 17.1 Å². The van der Waals surface area contributed by atoms with E-state index in [4.69, 9.17) is 11.6 Å². The highest BCUT2D eigenvalue weighted by atomic mass is 35.5. The van der Waals surface area contributed by atoms with E-state index in [1.165, 1.54) is 11.5 Å². The summed E-state index contributed by atoms with van der Waals surface area (Å²) in [6.07, 6.45) is 0. The predicted molar refractivity (Wildman–Crippen MR) is 82.7 cm³/mol. The molecule has 0 heterocycles. The first-order valence-corrected chi connectivity index (χ1v) is 6.77. The van der Waals surface area contributed by atoms with Gasteiger partial charge < -0.3 is 5.32 Å². The third-order valence-electron chi connectivity index (χ3n) is 3.24. The molecular weight excluding hydrogens is 273 g/mol. The van der Waals surface area contributed by atoms with E-state index < -0.39 is 0 Å². The van der Waals surface area contributed by atoms with Crippen LogP contribution < -0.4 is 5.32 Å². The van der Waals surface area contributed by atoms with Crippen molar-refractivity contribution < 1.29 is 4.39 Å². The predicted octanol–water partition coefficient (Wildman–Crippen LogP) is 5.24. The number of hydrogen-bond acceptors (Lipinski definition) is 1. The highest BCUT2D eigenvalue weighted by molar-refractivity contribution is 6.30. The third-order valence-corrected chi connectivity index (χ3v) is 3.48. The third kappa shape index (κ3) is 2.75. The SMILES string of the molecule is Fc1ccc(Cl)cc1CNc1ccc2ccccc2c1. The molecule has 100 valence electrons. The summed E-state index contributed by atoms with van der Waals surface area (Å²) in [5.41, 5.74) is 1.52. The summed E-state index contributed by atoms with van der Waals surface area (Å²) < 4.78 is 13.6. The largest absolute Gasteiger partial charge is 0.381 e. The van der Waals surface area contributed by atoms with Crippen molar-refractivity contribution >= 4 is 28.1 Å². The van der Waals surface area contributed by atoms with E-state index in [2.05, 4.69) is 23.5 Å². The number of fused-ring (bicyclic) bond motifs is 1. The van der Waals surface area contributed by atoms with Crippen LogP contribution in [0.25, 0.3) is 10.8 Å². The first-order chi connectivity index (χ1) is 9.72. The van der Waals surface area contributed by atoms with E-state index in [-0.39, 0.29) is 5.82 Å². The van der Waals surface area contributed by atoms with Crippen LogP contribution in [0.2, 0.25) is 5.02 Å². The molecule has 3 aromatic carbocycles.